The summed E-state index contributed by atoms with van der Waals surface area (Å²) in [4.78, 5) is 2.02. The summed E-state index contributed by atoms with van der Waals surface area (Å²) < 4.78 is 27.1. The van der Waals surface area contributed by atoms with Crippen LogP contribution in [0, 0.1) is 6.92 Å². The lowest BCUT2D eigenvalue weighted by atomic mass is 10.0. The highest BCUT2D eigenvalue weighted by molar-refractivity contribution is 7.89. The molecule has 1 rings (SSSR count). The van der Waals surface area contributed by atoms with Crippen LogP contribution in [0.1, 0.15) is 36.9 Å². The first-order valence-corrected chi connectivity index (χ1v) is 7.85. The molecule has 4 nitrogen and oxygen atoms in total. The molecule has 0 aliphatic heterocycles. The molecule has 1 aromatic heterocycles. The van der Waals surface area contributed by atoms with Crippen molar-refractivity contribution >= 4 is 21.4 Å². The Balaban J connectivity index is 3.09. The summed E-state index contributed by atoms with van der Waals surface area (Å²) >= 11 is 1.43. The van der Waals surface area contributed by atoms with E-state index >= 15 is 0 Å². The number of nitrogens with two attached hydrogens (primary N) is 1. The highest BCUT2D eigenvalue weighted by Gasteiger charge is 2.26. The van der Waals surface area contributed by atoms with Gasteiger partial charge in [-0.25, -0.2) is 13.1 Å². The lowest BCUT2D eigenvalue weighted by Crippen LogP contribution is -2.42. The van der Waals surface area contributed by atoms with Crippen molar-refractivity contribution in [1.29, 1.82) is 0 Å². The summed E-state index contributed by atoms with van der Waals surface area (Å²) in [5.41, 5.74) is 5.09. The maximum Gasteiger partial charge on any atom is 0.242 e. The summed E-state index contributed by atoms with van der Waals surface area (Å²) in [6.45, 7) is 7.87. The van der Waals surface area contributed by atoms with E-state index in [0.29, 0.717) is 11.4 Å². The number of rotatable bonds is 5. The van der Waals surface area contributed by atoms with Crippen molar-refractivity contribution in [2.75, 3.05) is 0 Å². The van der Waals surface area contributed by atoms with Gasteiger partial charge in [-0.05, 0) is 33.3 Å². The van der Waals surface area contributed by atoms with Crippen molar-refractivity contribution in [1.82, 2.24) is 4.72 Å². The molecule has 0 fully saturated rings. The third kappa shape index (κ3) is 3.51. The number of thiophene rings is 1. The standard InChI is InChI=1S/C11H20N2O2S2/c1-5-11(3,4)13-17(14,15)10-6-9(7-12)16-8(10)2/h6,13H,5,7,12H2,1-4H3. The van der Waals surface area contributed by atoms with Gasteiger partial charge in [0.2, 0.25) is 10.0 Å². The van der Waals surface area contributed by atoms with E-state index in [-0.39, 0.29) is 0 Å². The number of hydrogen-bond donors (Lipinski definition) is 2. The normalized spacial score (nSPS) is 13.0. The van der Waals surface area contributed by atoms with Crippen molar-refractivity contribution in [2.45, 2.75) is 51.1 Å². The second-order valence-electron chi connectivity index (χ2n) is 4.68. The first kappa shape index (κ1) is 14.6. The van der Waals surface area contributed by atoms with Gasteiger partial charge in [0, 0.05) is 21.8 Å². The molecule has 0 bridgehead atoms. The molecule has 0 spiro atoms. The maximum absolute atomic E-state index is 12.2. The highest BCUT2D eigenvalue weighted by Crippen LogP contribution is 2.26. The molecule has 0 saturated carbocycles. The first-order valence-electron chi connectivity index (χ1n) is 5.55. The van der Waals surface area contributed by atoms with Crippen LogP contribution in [0.15, 0.2) is 11.0 Å². The Hall–Kier alpha value is -0.430. The van der Waals surface area contributed by atoms with Crippen LogP contribution in [-0.2, 0) is 16.6 Å². The summed E-state index contributed by atoms with van der Waals surface area (Å²) in [5, 5.41) is 0. The molecule has 6 heteroatoms. The zero-order valence-electron chi connectivity index (χ0n) is 10.7. The molecule has 98 valence electrons. The molecule has 1 heterocycles. The zero-order valence-corrected chi connectivity index (χ0v) is 12.3. The predicted molar refractivity (Wildman–Crippen MR) is 71.6 cm³/mol. The molecule has 0 radical (unpaired) electrons. The SMILES string of the molecule is CCC(C)(C)NS(=O)(=O)c1cc(CN)sc1C. The minimum atomic E-state index is -3.45. The second-order valence-corrected chi connectivity index (χ2v) is 7.67. The Labute approximate surface area is 107 Å². The van der Waals surface area contributed by atoms with Crippen molar-refractivity contribution in [2.24, 2.45) is 5.73 Å². The van der Waals surface area contributed by atoms with Crippen LogP contribution in [0.25, 0.3) is 0 Å². The van der Waals surface area contributed by atoms with E-state index in [4.69, 9.17) is 5.73 Å². The summed E-state index contributed by atoms with van der Waals surface area (Å²) in [7, 11) is -3.45. The molecular weight excluding hydrogens is 256 g/mol. The maximum atomic E-state index is 12.2. The number of aryl methyl sites for hydroxylation is 1. The monoisotopic (exact) mass is 276 g/mol. The van der Waals surface area contributed by atoms with Crippen LogP contribution in [0.3, 0.4) is 0 Å². The largest absolute Gasteiger partial charge is 0.326 e. The molecule has 0 atom stereocenters. The smallest absolute Gasteiger partial charge is 0.242 e. The molecule has 1 aromatic rings. The van der Waals surface area contributed by atoms with Gasteiger partial charge in [-0.2, -0.15) is 0 Å². The van der Waals surface area contributed by atoms with Gasteiger partial charge in [0.15, 0.2) is 0 Å². The van der Waals surface area contributed by atoms with Gasteiger partial charge in [0.05, 0.1) is 4.90 Å². The summed E-state index contributed by atoms with van der Waals surface area (Å²) in [6.07, 6.45) is 0.735. The molecule has 0 saturated heterocycles. The average molecular weight is 276 g/mol. The Morgan fingerprint density at radius 1 is 1.47 bits per heavy atom. The van der Waals surface area contributed by atoms with E-state index in [2.05, 4.69) is 4.72 Å². The fraction of sp³-hybridized carbons (Fsp3) is 0.636. The molecule has 0 aliphatic rings. The van der Waals surface area contributed by atoms with E-state index in [1.165, 1.54) is 11.3 Å². The highest BCUT2D eigenvalue weighted by atomic mass is 32.2. The van der Waals surface area contributed by atoms with Gasteiger partial charge >= 0.3 is 0 Å². The van der Waals surface area contributed by atoms with Crippen molar-refractivity contribution in [3.05, 3.63) is 15.8 Å². The summed E-state index contributed by atoms with van der Waals surface area (Å²) in [6, 6.07) is 1.66. The quantitative estimate of drug-likeness (QED) is 0.863. The molecular formula is C11H20N2O2S2. The van der Waals surface area contributed by atoms with Gasteiger partial charge in [0.1, 0.15) is 0 Å². The predicted octanol–water partition coefficient (Wildman–Crippen LogP) is 1.98. The van der Waals surface area contributed by atoms with Crippen LogP contribution < -0.4 is 10.5 Å². The van der Waals surface area contributed by atoms with Crippen molar-refractivity contribution in [3.63, 3.8) is 0 Å². The Kier molecular flexibility index (Phi) is 4.35. The molecule has 0 aromatic carbocycles. The molecule has 3 N–H and O–H groups in total. The number of hydrogen-bond acceptors (Lipinski definition) is 4. The molecule has 0 unspecified atom stereocenters. The average Bonchev–Trinajstić information content (AvgIpc) is 2.59. The second kappa shape index (κ2) is 5.06. The van der Waals surface area contributed by atoms with E-state index in [1.54, 1.807) is 13.0 Å². The Morgan fingerprint density at radius 2 is 2.06 bits per heavy atom. The van der Waals surface area contributed by atoms with Gasteiger partial charge in [-0.3, -0.25) is 0 Å². The first-order chi connectivity index (χ1) is 7.72. The van der Waals surface area contributed by atoms with E-state index in [1.807, 2.05) is 20.8 Å². The minimum absolute atomic E-state index is 0.351. The van der Waals surface area contributed by atoms with Crippen molar-refractivity contribution in [3.8, 4) is 0 Å². The lowest BCUT2D eigenvalue weighted by molar-refractivity contribution is 0.439. The lowest BCUT2D eigenvalue weighted by Gasteiger charge is -2.24. The van der Waals surface area contributed by atoms with E-state index < -0.39 is 15.6 Å². The van der Waals surface area contributed by atoms with Crippen LogP contribution in [-0.4, -0.2) is 14.0 Å². The molecule has 0 amide bonds. The van der Waals surface area contributed by atoms with E-state index in [9.17, 15) is 8.42 Å². The zero-order chi connectivity index (χ0) is 13.3. The topological polar surface area (TPSA) is 72.2 Å². The molecule has 17 heavy (non-hydrogen) atoms. The minimum Gasteiger partial charge on any atom is -0.326 e. The summed E-state index contributed by atoms with van der Waals surface area (Å²) in [5.74, 6) is 0. The van der Waals surface area contributed by atoms with Crippen LogP contribution >= 0.6 is 11.3 Å². The van der Waals surface area contributed by atoms with E-state index in [0.717, 1.165) is 16.2 Å². The van der Waals surface area contributed by atoms with Gasteiger partial charge in [0.25, 0.3) is 0 Å². The van der Waals surface area contributed by atoms with Crippen molar-refractivity contribution < 1.29 is 8.42 Å². The third-order valence-electron chi connectivity index (χ3n) is 2.71. The van der Waals surface area contributed by atoms with Gasteiger partial charge in [-0.1, -0.05) is 6.92 Å². The Bertz CT molecular complexity index is 490. The molecule has 0 aliphatic carbocycles. The van der Waals surface area contributed by atoms with Gasteiger partial charge < -0.3 is 5.73 Å². The van der Waals surface area contributed by atoms with Crippen LogP contribution in [0.5, 0.6) is 0 Å². The fourth-order valence-electron chi connectivity index (χ4n) is 1.38. The van der Waals surface area contributed by atoms with Gasteiger partial charge in [-0.15, -0.1) is 11.3 Å². The van der Waals surface area contributed by atoms with Crippen LogP contribution in [0.2, 0.25) is 0 Å². The van der Waals surface area contributed by atoms with Crippen LogP contribution in [0.4, 0.5) is 0 Å². The number of sulfonamides is 1. The third-order valence-corrected chi connectivity index (χ3v) is 5.73. The number of nitrogens with one attached hydrogen (secondary N) is 1. The Morgan fingerprint density at radius 3 is 2.47 bits per heavy atom. The fourth-order valence-corrected chi connectivity index (χ4v) is 4.38.